The van der Waals surface area contributed by atoms with Crippen molar-refractivity contribution in [2.45, 2.75) is 6.42 Å². The molecular weight excluding hydrogens is 134 g/mol. The van der Waals surface area contributed by atoms with Crippen molar-refractivity contribution < 1.29 is 9.59 Å². The highest BCUT2D eigenvalue weighted by Gasteiger charge is 2.23. The fourth-order valence-corrected chi connectivity index (χ4v) is 0.666. The Labute approximate surface area is 57.5 Å². The van der Waals surface area contributed by atoms with Crippen molar-refractivity contribution in [3.63, 3.8) is 0 Å². The number of hydrogen-bond donors (Lipinski definition) is 1. The second-order valence-electron chi connectivity index (χ2n) is 2.01. The molecule has 5 nitrogen and oxygen atoms in total. The van der Waals surface area contributed by atoms with Crippen LogP contribution in [0.15, 0.2) is 5.10 Å². The standard InChI is InChI=1S/C5H7N3O2/c1-8-4(9)2-3(7-8)5(6)10/h2H2,1H3,(H2,6,10). The number of carbonyl (C=O) groups is 2. The van der Waals surface area contributed by atoms with E-state index in [1.807, 2.05) is 0 Å². The lowest BCUT2D eigenvalue weighted by atomic mass is 10.3. The van der Waals surface area contributed by atoms with Gasteiger partial charge < -0.3 is 5.73 Å². The number of carbonyl (C=O) groups excluding carboxylic acids is 2. The van der Waals surface area contributed by atoms with E-state index in [0.717, 1.165) is 5.01 Å². The van der Waals surface area contributed by atoms with Crippen molar-refractivity contribution in [2.75, 3.05) is 7.05 Å². The quantitative estimate of drug-likeness (QED) is 0.492. The Bertz CT molecular complexity index is 221. The highest BCUT2D eigenvalue weighted by Crippen LogP contribution is 2.03. The van der Waals surface area contributed by atoms with Crippen LogP contribution in [0, 0.1) is 0 Å². The molecule has 2 N–H and O–H groups in total. The van der Waals surface area contributed by atoms with E-state index in [4.69, 9.17) is 5.73 Å². The van der Waals surface area contributed by atoms with Gasteiger partial charge in [0.15, 0.2) is 0 Å². The summed E-state index contributed by atoms with van der Waals surface area (Å²) in [6.07, 6.45) is 0.0336. The molecule has 0 aromatic heterocycles. The van der Waals surface area contributed by atoms with Crippen LogP contribution in [0.4, 0.5) is 0 Å². The lowest BCUT2D eigenvalue weighted by molar-refractivity contribution is -0.127. The number of hydrazone groups is 1. The van der Waals surface area contributed by atoms with Crippen LogP contribution in [0.3, 0.4) is 0 Å². The van der Waals surface area contributed by atoms with Gasteiger partial charge in [0.2, 0.25) is 5.91 Å². The Morgan fingerprint density at radius 2 is 2.40 bits per heavy atom. The van der Waals surface area contributed by atoms with Crippen LogP contribution in [0.2, 0.25) is 0 Å². The van der Waals surface area contributed by atoms with Crippen molar-refractivity contribution in [3.8, 4) is 0 Å². The fraction of sp³-hybridized carbons (Fsp3) is 0.400. The summed E-state index contributed by atoms with van der Waals surface area (Å²) in [5, 5.41) is 4.71. The van der Waals surface area contributed by atoms with Gasteiger partial charge >= 0.3 is 0 Å². The van der Waals surface area contributed by atoms with E-state index in [9.17, 15) is 9.59 Å². The van der Waals surface area contributed by atoms with Gasteiger partial charge in [0.1, 0.15) is 5.71 Å². The van der Waals surface area contributed by atoms with Crippen molar-refractivity contribution in [1.29, 1.82) is 0 Å². The topological polar surface area (TPSA) is 75.8 Å². The third-order valence-electron chi connectivity index (χ3n) is 1.23. The summed E-state index contributed by atoms with van der Waals surface area (Å²) in [5.74, 6) is -0.827. The Morgan fingerprint density at radius 3 is 2.60 bits per heavy atom. The monoisotopic (exact) mass is 141 g/mol. The minimum Gasteiger partial charge on any atom is -0.364 e. The molecular formula is C5H7N3O2. The maximum Gasteiger partial charge on any atom is 0.265 e. The number of hydrogen-bond acceptors (Lipinski definition) is 3. The zero-order chi connectivity index (χ0) is 7.72. The molecule has 0 aromatic carbocycles. The number of nitrogens with two attached hydrogens (primary N) is 1. The van der Waals surface area contributed by atoms with Crippen LogP contribution < -0.4 is 5.73 Å². The lowest BCUT2D eigenvalue weighted by Gasteiger charge is -1.98. The lowest BCUT2D eigenvalue weighted by Crippen LogP contribution is -2.22. The molecule has 2 amide bonds. The molecule has 54 valence electrons. The molecule has 0 bridgehead atoms. The Hall–Kier alpha value is -1.39. The minimum absolute atomic E-state index is 0.0336. The summed E-state index contributed by atoms with van der Waals surface area (Å²) >= 11 is 0. The molecule has 0 aliphatic carbocycles. The molecule has 1 heterocycles. The highest BCUT2D eigenvalue weighted by atomic mass is 16.2. The summed E-state index contributed by atoms with van der Waals surface area (Å²) in [5.41, 5.74) is 5.01. The smallest absolute Gasteiger partial charge is 0.265 e. The van der Waals surface area contributed by atoms with Crippen molar-refractivity contribution in [3.05, 3.63) is 0 Å². The van der Waals surface area contributed by atoms with E-state index in [-0.39, 0.29) is 18.0 Å². The Morgan fingerprint density at radius 1 is 1.80 bits per heavy atom. The molecule has 0 fully saturated rings. The Kier molecular flexibility index (Phi) is 1.41. The van der Waals surface area contributed by atoms with Crippen molar-refractivity contribution >= 4 is 17.5 Å². The molecule has 1 rings (SSSR count). The molecule has 10 heavy (non-hydrogen) atoms. The first kappa shape index (κ1) is 6.73. The van der Waals surface area contributed by atoms with Crippen molar-refractivity contribution in [2.24, 2.45) is 10.8 Å². The predicted octanol–water partition coefficient (Wildman–Crippen LogP) is -1.31. The summed E-state index contributed by atoms with van der Waals surface area (Å²) in [4.78, 5) is 21.1. The second-order valence-corrected chi connectivity index (χ2v) is 2.01. The van der Waals surface area contributed by atoms with Gasteiger partial charge in [-0.1, -0.05) is 0 Å². The molecule has 0 unspecified atom stereocenters. The molecule has 0 radical (unpaired) electrons. The molecule has 1 aliphatic heterocycles. The first-order valence-corrected chi connectivity index (χ1v) is 2.75. The largest absolute Gasteiger partial charge is 0.364 e. The molecule has 1 aliphatic rings. The van der Waals surface area contributed by atoms with Gasteiger partial charge in [-0.25, -0.2) is 5.01 Å². The van der Waals surface area contributed by atoms with Gasteiger partial charge in [0.25, 0.3) is 5.91 Å². The predicted molar refractivity (Wildman–Crippen MR) is 34.0 cm³/mol. The summed E-state index contributed by atoms with van der Waals surface area (Å²) < 4.78 is 0. The SMILES string of the molecule is CN1N=C(C(N)=O)CC1=O. The van der Waals surface area contributed by atoms with Crippen LogP contribution in [-0.2, 0) is 9.59 Å². The van der Waals surface area contributed by atoms with E-state index in [1.165, 1.54) is 7.05 Å². The summed E-state index contributed by atoms with van der Waals surface area (Å²) in [6.45, 7) is 0. The minimum atomic E-state index is -0.627. The van der Waals surface area contributed by atoms with Crippen LogP contribution in [-0.4, -0.2) is 29.6 Å². The molecule has 0 saturated heterocycles. The first-order chi connectivity index (χ1) is 4.61. The average molecular weight is 141 g/mol. The van der Waals surface area contributed by atoms with E-state index in [0.29, 0.717) is 0 Å². The van der Waals surface area contributed by atoms with E-state index in [2.05, 4.69) is 5.10 Å². The molecule has 0 saturated carbocycles. The maximum absolute atomic E-state index is 10.7. The van der Waals surface area contributed by atoms with E-state index >= 15 is 0 Å². The number of rotatable bonds is 1. The van der Waals surface area contributed by atoms with Gasteiger partial charge in [-0.15, -0.1) is 0 Å². The summed E-state index contributed by atoms with van der Waals surface area (Å²) in [6, 6.07) is 0. The molecule has 0 atom stereocenters. The average Bonchev–Trinajstić information content (AvgIpc) is 2.13. The third kappa shape index (κ3) is 0.975. The van der Waals surface area contributed by atoms with Crippen molar-refractivity contribution in [1.82, 2.24) is 5.01 Å². The zero-order valence-corrected chi connectivity index (χ0v) is 5.50. The van der Waals surface area contributed by atoms with Gasteiger partial charge in [-0.2, -0.15) is 5.10 Å². The zero-order valence-electron chi connectivity index (χ0n) is 5.50. The maximum atomic E-state index is 10.7. The van der Waals surface area contributed by atoms with Crippen LogP contribution in [0.1, 0.15) is 6.42 Å². The van der Waals surface area contributed by atoms with Crippen LogP contribution >= 0.6 is 0 Å². The number of primary amides is 1. The van der Waals surface area contributed by atoms with Crippen LogP contribution in [0.5, 0.6) is 0 Å². The van der Waals surface area contributed by atoms with E-state index in [1.54, 1.807) is 0 Å². The molecule has 0 spiro atoms. The number of nitrogens with zero attached hydrogens (tertiary/aromatic N) is 2. The van der Waals surface area contributed by atoms with Gasteiger partial charge in [0, 0.05) is 7.05 Å². The third-order valence-corrected chi connectivity index (χ3v) is 1.23. The highest BCUT2D eigenvalue weighted by molar-refractivity contribution is 6.42. The fourth-order valence-electron chi connectivity index (χ4n) is 0.666. The Balaban J connectivity index is 2.77. The second kappa shape index (κ2) is 2.09. The van der Waals surface area contributed by atoms with Gasteiger partial charge in [-0.05, 0) is 0 Å². The molecule has 5 heteroatoms. The first-order valence-electron chi connectivity index (χ1n) is 2.75. The van der Waals surface area contributed by atoms with Gasteiger partial charge in [0.05, 0.1) is 6.42 Å². The number of amides is 2. The summed E-state index contributed by atoms with van der Waals surface area (Å²) in [7, 11) is 1.48. The van der Waals surface area contributed by atoms with Gasteiger partial charge in [-0.3, -0.25) is 9.59 Å². The normalized spacial score (nSPS) is 17.5. The van der Waals surface area contributed by atoms with Crippen LogP contribution in [0.25, 0.3) is 0 Å². The molecule has 0 aromatic rings. The van der Waals surface area contributed by atoms with E-state index < -0.39 is 5.91 Å².